The van der Waals surface area contributed by atoms with E-state index < -0.39 is 35.3 Å². The standard InChI is InChI=1S/C21H18F3N3O3/c1-25-21(29)20(12-6-7-15(23)16(24)10-12)27-18(28)8-9-19-26-11-17(30-19)13-4-2-3-5-14(13)22/h2-7,10-11,20H,8-9H2,1H3,(H,25,29)(H,27,28). The smallest absolute Gasteiger partial charge is 0.246 e. The van der Waals surface area contributed by atoms with E-state index in [0.29, 0.717) is 0 Å². The van der Waals surface area contributed by atoms with Crippen molar-refractivity contribution in [2.75, 3.05) is 7.05 Å². The molecule has 0 saturated carbocycles. The molecule has 0 spiro atoms. The van der Waals surface area contributed by atoms with E-state index in [0.717, 1.165) is 12.1 Å². The van der Waals surface area contributed by atoms with Crippen molar-refractivity contribution >= 4 is 11.8 Å². The van der Waals surface area contributed by atoms with E-state index in [1.54, 1.807) is 18.2 Å². The van der Waals surface area contributed by atoms with Crippen molar-refractivity contribution in [2.45, 2.75) is 18.9 Å². The van der Waals surface area contributed by atoms with Crippen LogP contribution in [0, 0.1) is 17.5 Å². The summed E-state index contributed by atoms with van der Waals surface area (Å²) in [6.07, 6.45) is 1.37. The van der Waals surface area contributed by atoms with E-state index in [1.807, 2.05) is 0 Å². The molecule has 2 amide bonds. The van der Waals surface area contributed by atoms with Crippen LogP contribution in [0.25, 0.3) is 11.3 Å². The predicted octanol–water partition coefficient (Wildman–Crippen LogP) is 3.30. The molecule has 1 heterocycles. The number of carbonyl (C=O) groups is 2. The van der Waals surface area contributed by atoms with Crippen molar-refractivity contribution in [2.24, 2.45) is 0 Å². The maximum Gasteiger partial charge on any atom is 0.246 e. The fourth-order valence-electron chi connectivity index (χ4n) is 2.80. The van der Waals surface area contributed by atoms with E-state index in [-0.39, 0.29) is 35.6 Å². The van der Waals surface area contributed by atoms with Crippen LogP contribution in [-0.2, 0) is 16.0 Å². The number of halogens is 3. The molecule has 1 aromatic heterocycles. The number of aryl methyl sites for hydroxylation is 1. The summed E-state index contributed by atoms with van der Waals surface area (Å²) in [6, 6.07) is 7.80. The number of hydrogen-bond donors (Lipinski definition) is 2. The lowest BCUT2D eigenvalue weighted by molar-refractivity contribution is -0.128. The summed E-state index contributed by atoms with van der Waals surface area (Å²) in [7, 11) is 1.36. The highest BCUT2D eigenvalue weighted by Crippen LogP contribution is 2.23. The third-order valence-electron chi connectivity index (χ3n) is 4.35. The van der Waals surface area contributed by atoms with Gasteiger partial charge in [-0.3, -0.25) is 9.59 Å². The SMILES string of the molecule is CNC(=O)C(NC(=O)CCc1ncc(-c2ccccc2F)o1)c1ccc(F)c(F)c1. The summed E-state index contributed by atoms with van der Waals surface area (Å²) >= 11 is 0. The maximum atomic E-state index is 13.8. The van der Waals surface area contributed by atoms with Crippen LogP contribution in [0.15, 0.2) is 53.1 Å². The molecular weight excluding hydrogens is 399 g/mol. The van der Waals surface area contributed by atoms with Gasteiger partial charge in [-0.15, -0.1) is 0 Å². The van der Waals surface area contributed by atoms with E-state index in [9.17, 15) is 22.8 Å². The Kier molecular flexibility index (Phi) is 6.51. The lowest BCUT2D eigenvalue weighted by Crippen LogP contribution is -2.39. The molecule has 0 saturated heterocycles. The molecule has 30 heavy (non-hydrogen) atoms. The number of carbonyl (C=O) groups excluding carboxylic acids is 2. The van der Waals surface area contributed by atoms with Crippen LogP contribution < -0.4 is 10.6 Å². The Morgan fingerprint density at radius 2 is 1.83 bits per heavy atom. The second-order valence-electron chi connectivity index (χ2n) is 6.39. The Labute approximate surface area is 170 Å². The lowest BCUT2D eigenvalue weighted by Gasteiger charge is -2.17. The van der Waals surface area contributed by atoms with E-state index in [4.69, 9.17) is 4.42 Å². The van der Waals surface area contributed by atoms with Crippen molar-refractivity contribution in [1.29, 1.82) is 0 Å². The molecular formula is C21H18F3N3O3. The summed E-state index contributed by atoms with van der Waals surface area (Å²) in [5.41, 5.74) is 0.346. The fourth-order valence-corrected chi connectivity index (χ4v) is 2.80. The van der Waals surface area contributed by atoms with Crippen LogP contribution in [0.2, 0.25) is 0 Å². The van der Waals surface area contributed by atoms with Gasteiger partial charge in [0, 0.05) is 19.9 Å². The molecule has 0 aliphatic rings. The highest BCUT2D eigenvalue weighted by molar-refractivity contribution is 5.88. The van der Waals surface area contributed by atoms with Crippen molar-refractivity contribution in [3.05, 3.63) is 77.6 Å². The quantitative estimate of drug-likeness (QED) is 0.618. The first-order valence-corrected chi connectivity index (χ1v) is 9.04. The number of amides is 2. The van der Waals surface area contributed by atoms with Crippen molar-refractivity contribution in [1.82, 2.24) is 15.6 Å². The third kappa shape index (κ3) is 4.86. The zero-order chi connectivity index (χ0) is 21.7. The Hall–Kier alpha value is -3.62. The number of rotatable bonds is 7. The van der Waals surface area contributed by atoms with Crippen LogP contribution >= 0.6 is 0 Å². The Bertz CT molecular complexity index is 1070. The number of likely N-dealkylation sites (N-methyl/N-ethyl adjacent to an activating group) is 1. The van der Waals surface area contributed by atoms with Gasteiger partial charge in [-0.05, 0) is 29.8 Å². The summed E-state index contributed by atoms with van der Waals surface area (Å²) in [5, 5.41) is 4.85. The van der Waals surface area contributed by atoms with Crippen molar-refractivity contribution < 1.29 is 27.2 Å². The van der Waals surface area contributed by atoms with Crippen LogP contribution in [0.3, 0.4) is 0 Å². The summed E-state index contributed by atoms with van der Waals surface area (Å²) < 4.78 is 46.0. The molecule has 0 fully saturated rings. The molecule has 3 aromatic rings. The molecule has 2 aromatic carbocycles. The van der Waals surface area contributed by atoms with Gasteiger partial charge in [0.05, 0.1) is 11.8 Å². The van der Waals surface area contributed by atoms with Gasteiger partial charge >= 0.3 is 0 Å². The third-order valence-corrected chi connectivity index (χ3v) is 4.35. The van der Waals surface area contributed by atoms with Gasteiger partial charge in [0.15, 0.2) is 23.3 Å². The Morgan fingerprint density at radius 1 is 1.07 bits per heavy atom. The van der Waals surface area contributed by atoms with Gasteiger partial charge in [0.1, 0.15) is 11.9 Å². The predicted molar refractivity (Wildman–Crippen MR) is 102 cm³/mol. The molecule has 6 nitrogen and oxygen atoms in total. The molecule has 3 rings (SSSR count). The van der Waals surface area contributed by atoms with E-state index in [2.05, 4.69) is 15.6 Å². The molecule has 0 radical (unpaired) electrons. The molecule has 9 heteroatoms. The Balaban J connectivity index is 1.65. The zero-order valence-corrected chi connectivity index (χ0v) is 15.9. The van der Waals surface area contributed by atoms with Gasteiger partial charge in [0.2, 0.25) is 11.8 Å². The average molecular weight is 417 g/mol. The lowest BCUT2D eigenvalue weighted by atomic mass is 10.1. The van der Waals surface area contributed by atoms with Crippen LogP contribution in [0.5, 0.6) is 0 Å². The van der Waals surface area contributed by atoms with Gasteiger partial charge < -0.3 is 15.1 Å². The number of oxazole rings is 1. The van der Waals surface area contributed by atoms with Crippen molar-refractivity contribution in [3.8, 4) is 11.3 Å². The van der Waals surface area contributed by atoms with Crippen LogP contribution in [-0.4, -0.2) is 23.8 Å². The zero-order valence-electron chi connectivity index (χ0n) is 15.9. The minimum absolute atomic E-state index is 0.0889. The van der Waals surface area contributed by atoms with Gasteiger partial charge in [0.25, 0.3) is 0 Å². The highest BCUT2D eigenvalue weighted by atomic mass is 19.2. The van der Waals surface area contributed by atoms with Crippen LogP contribution in [0.4, 0.5) is 13.2 Å². The number of aromatic nitrogens is 1. The minimum atomic E-state index is -1.20. The number of nitrogens with one attached hydrogen (secondary N) is 2. The maximum absolute atomic E-state index is 13.8. The average Bonchev–Trinajstić information content (AvgIpc) is 3.21. The molecule has 156 valence electrons. The van der Waals surface area contributed by atoms with E-state index >= 15 is 0 Å². The molecule has 0 aliphatic heterocycles. The summed E-state index contributed by atoms with van der Waals surface area (Å²) in [6.45, 7) is 0. The van der Waals surface area contributed by atoms with Gasteiger partial charge in [-0.1, -0.05) is 18.2 Å². The molecule has 0 aliphatic carbocycles. The molecule has 1 atom stereocenters. The highest BCUT2D eigenvalue weighted by Gasteiger charge is 2.23. The molecule has 0 bridgehead atoms. The van der Waals surface area contributed by atoms with Crippen molar-refractivity contribution in [3.63, 3.8) is 0 Å². The number of benzene rings is 2. The second kappa shape index (κ2) is 9.25. The Morgan fingerprint density at radius 3 is 2.53 bits per heavy atom. The molecule has 2 N–H and O–H groups in total. The number of nitrogens with zero attached hydrogens (tertiary/aromatic N) is 1. The van der Waals surface area contributed by atoms with Crippen LogP contribution in [0.1, 0.15) is 23.9 Å². The number of hydrogen-bond acceptors (Lipinski definition) is 4. The first-order valence-electron chi connectivity index (χ1n) is 9.04. The van der Waals surface area contributed by atoms with E-state index in [1.165, 1.54) is 25.4 Å². The topological polar surface area (TPSA) is 84.2 Å². The first kappa shape index (κ1) is 21.1. The summed E-state index contributed by atoms with van der Waals surface area (Å²) in [5.74, 6) is -3.32. The minimum Gasteiger partial charge on any atom is -0.441 e. The first-order chi connectivity index (χ1) is 14.4. The molecule has 1 unspecified atom stereocenters. The monoisotopic (exact) mass is 417 g/mol. The largest absolute Gasteiger partial charge is 0.441 e. The fraction of sp³-hybridized carbons (Fsp3) is 0.190. The second-order valence-corrected chi connectivity index (χ2v) is 6.39. The normalized spacial score (nSPS) is 11.7. The van der Waals surface area contributed by atoms with Gasteiger partial charge in [-0.2, -0.15) is 0 Å². The van der Waals surface area contributed by atoms with Gasteiger partial charge in [-0.25, -0.2) is 18.2 Å². The summed E-state index contributed by atoms with van der Waals surface area (Å²) in [4.78, 5) is 28.4.